The molecule has 2 aliphatic rings. The van der Waals surface area contributed by atoms with E-state index >= 15 is 8.78 Å². The lowest BCUT2D eigenvalue weighted by atomic mass is 9.79. The third-order valence-corrected chi connectivity index (χ3v) is 7.09. The Kier molecular flexibility index (Phi) is 6.83. The maximum absolute atomic E-state index is 16.3. The van der Waals surface area contributed by atoms with Gasteiger partial charge >= 0.3 is 0 Å². The second-order valence-corrected chi connectivity index (χ2v) is 9.10. The summed E-state index contributed by atoms with van der Waals surface area (Å²) in [7, 11) is 0. The van der Waals surface area contributed by atoms with E-state index in [1.807, 2.05) is 12.1 Å². The molecule has 3 aromatic rings. The van der Waals surface area contributed by atoms with Crippen LogP contribution in [0.3, 0.4) is 0 Å². The topological polar surface area (TPSA) is 132 Å². The van der Waals surface area contributed by atoms with E-state index in [1.165, 1.54) is 48.5 Å². The van der Waals surface area contributed by atoms with E-state index in [-0.39, 0.29) is 55.6 Å². The number of nitrogens with zero attached hydrogens (tertiary/aromatic N) is 8. The summed E-state index contributed by atoms with van der Waals surface area (Å²) in [5.74, 6) is -2.40. The quantitative estimate of drug-likeness (QED) is 0.230. The van der Waals surface area contributed by atoms with Crippen molar-refractivity contribution in [2.75, 3.05) is 0 Å². The van der Waals surface area contributed by atoms with E-state index in [9.17, 15) is 26.3 Å². The molecule has 0 atom stereocenters. The fraction of sp³-hybridized carbons (Fsp3) is 0. The minimum absolute atomic E-state index is 0.0397. The molecule has 0 saturated heterocycles. The summed E-state index contributed by atoms with van der Waals surface area (Å²) in [6.45, 7) is 23.1. The molecule has 0 N–H and O–H groups in total. The molecule has 8 nitrogen and oxygen atoms in total. The van der Waals surface area contributed by atoms with Crippen LogP contribution in [0.1, 0.15) is 33.4 Å². The monoisotopic (exact) mass is 566 g/mol. The third kappa shape index (κ3) is 3.81. The first-order chi connectivity index (χ1) is 21.3. The molecule has 44 heavy (non-hydrogen) atoms. The Bertz CT molecular complexity index is 2150. The van der Waals surface area contributed by atoms with Gasteiger partial charge in [0.15, 0.2) is 0 Å². The highest BCUT2D eigenvalue weighted by atomic mass is 19.1. The Labute approximate surface area is 249 Å². The van der Waals surface area contributed by atoms with Crippen molar-refractivity contribution in [3.05, 3.63) is 139 Å². The Hall–Kier alpha value is -7.60. The average Bonchev–Trinajstić information content (AvgIpc) is 3.51. The molecule has 0 unspecified atom stereocenters. The molecule has 5 rings (SSSR count). The molecule has 0 radical (unpaired) electrons. The van der Waals surface area contributed by atoms with Gasteiger partial charge in [-0.25, -0.2) is 33.8 Å². The molecule has 2 aliphatic carbocycles. The highest BCUT2D eigenvalue weighted by Gasteiger charge is 2.43. The zero-order valence-corrected chi connectivity index (χ0v) is 22.0. The molecule has 0 fully saturated rings. The summed E-state index contributed by atoms with van der Waals surface area (Å²) in [5, 5.41) is 48.6. The number of allylic oxidation sites excluding steroid dienone is 7. The van der Waals surface area contributed by atoms with Crippen LogP contribution in [0, 0.1) is 76.4 Å². The highest BCUT2D eigenvalue weighted by Crippen LogP contribution is 2.60. The Morgan fingerprint density at radius 1 is 0.545 bits per heavy atom. The number of rotatable bonds is 2. The van der Waals surface area contributed by atoms with Crippen molar-refractivity contribution in [3.8, 4) is 52.6 Å². The molecule has 0 spiro atoms. The Morgan fingerprint density at radius 3 is 1.36 bits per heavy atom. The van der Waals surface area contributed by atoms with Crippen molar-refractivity contribution in [1.29, 1.82) is 26.3 Å². The lowest BCUT2D eigenvalue weighted by Gasteiger charge is -2.23. The molecule has 3 aromatic carbocycles. The molecule has 0 aromatic heterocycles. The molecule has 0 aliphatic heterocycles. The fourth-order valence-corrected chi connectivity index (χ4v) is 5.35. The van der Waals surface area contributed by atoms with Crippen LogP contribution in [-0.4, -0.2) is 0 Å². The zero-order chi connectivity index (χ0) is 31.7. The van der Waals surface area contributed by atoms with E-state index in [4.69, 9.17) is 19.7 Å². The van der Waals surface area contributed by atoms with Crippen molar-refractivity contribution in [1.82, 2.24) is 0 Å². The van der Waals surface area contributed by atoms with Crippen LogP contribution in [0.15, 0.2) is 71.6 Å². The minimum Gasteiger partial charge on any atom is -0.234 e. The Morgan fingerprint density at radius 2 is 0.977 bits per heavy atom. The number of hydrogen-bond donors (Lipinski definition) is 0. The predicted octanol–water partition coefficient (Wildman–Crippen LogP) is 7.86. The van der Waals surface area contributed by atoms with Gasteiger partial charge in [-0.15, -0.1) is 0 Å². The van der Waals surface area contributed by atoms with Gasteiger partial charge < -0.3 is 0 Å². The largest absolute Gasteiger partial charge is 0.272 e. The first-order valence-electron chi connectivity index (χ1n) is 12.2. The number of fused-ring (bicyclic) bond motifs is 2. The second-order valence-electron chi connectivity index (χ2n) is 9.10. The average molecular weight is 566 g/mol. The van der Waals surface area contributed by atoms with Gasteiger partial charge in [-0.05, 0) is 63.2 Å². The smallest absolute Gasteiger partial charge is 0.234 e. The summed E-state index contributed by atoms with van der Waals surface area (Å²) < 4.78 is 32.6. The van der Waals surface area contributed by atoms with Crippen LogP contribution in [0.5, 0.6) is 0 Å². The second kappa shape index (κ2) is 10.8. The maximum Gasteiger partial charge on any atom is 0.272 e. The van der Waals surface area contributed by atoms with Gasteiger partial charge in [0, 0.05) is 16.7 Å². The number of nitriles is 5. The van der Waals surface area contributed by atoms with Gasteiger partial charge in [0.25, 0.3) is 11.4 Å². The van der Waals surface area contributed by atoms with Crippen molar-refractivity contribution in [2.45, 2.75) is 0 Å². The van der Waals surface area contributed by atoms with Crippen molar-refractivity contribution in [2.24, 2.45) is 0 Å². The normalized spacial score (nSPS) is 14.8. The van der Waals surface area contributed by atoms with Gasteiger partial charge in [0.05, 0.1) is 60.7 Å². The standard InChI is InChI=1S/C34H8F2N8/c1-42-22(15-40)27-29-25(20-10-6-18(13-38)7-11-20)31-30(28(23(16-41)43-2)33(36)34(31)44-3)24(26(29)21(14-39)32(27)35)19-8-4-17(12-37)5-9-19/h4-11H/b27-22+,28-23-. The van der Waals surface area contributed by atoms with Gasteiger partial charge in [-0.1, -0.05) is 24.3 Å². The molecule has 198 valence electrons. The summed E-state index contributed by atoms with van der Waals surface area (Å²) in [6.07, 6.45) is 0. The summed E-state index contributed by atoms with van der Waals surface area (Å²) in [4.78, 5) is 9.74. The van der Waals surface area contributed by atoms with Gasteiger partial charge in [0.1, 0.15) is 17.7 Å². The van der Waals surface area contributed by atoms with Crippen molar-refractivity contribution in [3.63, 3.8) is 0 Å². The van der Waals surface area contributed by atoms with E-state index in [0.29, 0.717) is 0 Å². The van der Waals surface area contributed by atoms with E-state index in [1.54, 1.807) is 18.2 Å². The predicted molar refractivity (Wildman–Crippen MR) is 153 cm³/mol. The third-order valence-electron chi connectivity index (χ3n) is 7.09. The summed E-state index contributed by atoms with van der Waals surface area (Å²) >= 11 is 0. The first kappa shape index (κ1) is 27.9. The van der Waals surface area contributed by atoms with Crippen LogP contribution in [-0.2, 0) is 0 Å². The zero-order valence-electron chi connectivity index (χ0n) is 22.0. The first-order valence-corrected chi connectivity index (χ1v) is 12.2. The minimum atomic E-state index is -1.20. The SMILES string of the molecule is [C-]#[N+]C1=C(F)/C(=C(/C#N)[N+]#[C-])c2c1c(-c1ccc(C#N)cc1)c1c(c2-c2ccc(C#N)cc2)C(C#N)=C(F)/C1=C(\C#N)[N+]#[C-]. The Balaban J connectivity index is 2.21. The maximum atomic E-state index is 16.3. The van der Waals surface area contributed by atoms with Crippen LogP contribution in [0.4, 0.5) is 8.78 Å². The van der Waals surface area contributed by atoms with Crippen molar-refractivity contribution >= 4 is 22.4 Å². The molecule has 10 heteroatoms. The molecular formula is C34H8F2N8. The summed E-state index contributed by atoms with van der Waals surface area (Å²) in [6, 6.07) is 20.5. The van der Waals surface area contributed by atoms with E-state index in [0.717, 1.165) is 0 Å². The number of halogens is 2. The molecule has 0 bridgehead atoms. The molecular weight excluding hydrogens is 558 g/mol. The van der Waals surface area contributed by atoms with Gasteiger partial charge in [0.2, 0.25) is 5.70 Å². The van der Waals surface area contributed by atoms with Crippen LogP contribution in [0.25, 0.3) is 59.2 Å². The number of benzene rings is 3. The molecule has 0 amide bonds. The number of hydrogen-bond acceptors (Lipinski definition) is 5. The van der Waals surface area contributed by atoms with Crippen LogP contribution < -0.4 is 0 Å². The lowest BCUT2D eigenvalue weighted by molar-refractivity contribution is 0.681. The fourth-order valence-electron chi connectivity index (χ4n) is 5.35. The van der Waals surface area contributed by atoms with Crippen molar-refractivity contribution < 1.29 is 8.78 Å². The van der Waals surface area contributed by atoms with E-state index in [2.05, 4.69) is 14.5 Å². The molecule has 0 heterocycles. The van der Waals surface area contributed by atoms with Gasteiger partial charge in [-0.2, -0.15) is 15.8 Å². The van der Waals surface area contributed by atoms with Crippen LogP contribution in [0.2, 0.25) is 0 Å². The van der Waals surface area contributed by atoms with Gasteiger partial charge in [-0.3, -0.25) is 0 Å². The highest BCUT2D eigenvalue weighted by molar-refractivity contribution is 6.19. The lowest BCUT2D eigenvalue weighted by Crippen LogP contribution is -2.04. The van der Waals surface area contributed by atoms with Crippen LogP contribution >= 0.6 is 0 Å². The van der Waals surface area contributed by atoms with E-state index < -0.39 is 45.5 Å². The summed E-state index contributed by atoms with van der Waals surface area (Å²) in [5.41, 5.74) is -3.50. The molecule has 0 saturated carbocycles.